The summed E-state index contributed by atoms with van der Waals surface area (Å²) in [5.74, 6) is 1.81. The minimum Gasteiger partial charge on any atom is -0.493 e. The maximum absolute atomic E-state index is 8.89. The number of ether oxygens (including phenoxy) is 1. The quantitative estimate of drug-likeness (QED) is 0.855. The van der Waals surface area contributed by atoms with Crippen molar-refractivity contribution in [2.75, 3.05) is 18.6 Å². The van der Waals surface area contributed by atoms with E-state index in [4.69, 9.17) is 10.00 Å². The molecule has 20 heavy (non-hydrogen) atoms. The second kappa shape index (κ2) is 5.22. The first-order chi connectivity index (χ1) is 9.76. The van der Waals surface area contributed by atoms with Gasteiger partial charge in [0.15, 0.2) is 0 Å². The van der Waals surface area contributed by atoms with Crippen molar-refractivity contribution < 1.29 is 4.74 Å². The number of fused-ring (bicyclic) bond motifs is 1. The van der Waals surface area contributed by atoms with Gasteiger partial charge in [0.2, 0.25) is 0 Å². The zero-order valence-corrected chi connectivity index (χ0v) is 11.3. The van der Waals surface area contributed by atoms with Crippen LogP contribution in [-0.4, -0.2) is 18.6 Å². The van der Waals surface area contributed by atoms with Crippen molar-refractivity contribution in [2.24, 2.45) is 0 Å². The van der Waals surface area contributed by atoms with Crippen molar-refractivity contribution in [1.82, 2.24) is 4.98 Å². The lowest BCUT2D eigenvalue weighted by molar-refractivity contribution is 0.357. The van der Waals surface area contributed by atoms with Gasteiger partial charge in [-0.1, -0.05) is 18.2 Å². The molecule has 0 atom stereocenters. The van der Waals surface area contributed by atoms with Crippen LogP contribution < -0.4 is 9.64 Å². The Labute approximate surface area is 118 Å². The fourth-order valence-electron chi connectivity index (χ4n) is 2.39. The fraction of sp³-hybridized carbons (Fsp3) is 0.250. The van der Waals surface area contributed by atoms with Crippen LogP contribution in [0.2, 0.25) is 0 Å². The van der Waals surface area contributed by atoms with Gasteiger partial charge in [0.25, 0.3) is 0 Å². The van der Waals surface area contributed by atoms with Crippen LogP contribution in [0.3, 0.4) is 0 Å². The van der Waals surface area contributed by atoms with Crippen molar-refractivity contribution in [3.05, 3.63) is 53.2 Å². The third kappa shape index (κ3) is 2.43. The molecule has 0 unspecified atom stereocenters. The lowest BCUT2D eigenvalue weighted by Crippen LogP contribution is -2.17. The summed E-state index contributed by atoms with van der Waals surface area (Å²) in [6, 6.07) is 13.8. The minimum atomic E-state index is 0.441. The Balaban J connectivity index is 1.78. The van der Waals surface area contributed by atoms with Crippen LogP contribution in [0.25, 0.3) is 0 Å². The number of benzene rings is 1. The number of nitrogens with zero attached hydrogens (tertiary/aromatic N) is 3. The summed E-state index contributed by atoms with van der Waals surface area (Å²) in [5, 5.41) is 8.89. The molecule has 1 aliphatic rings. The highest BCUT2D eigenvalue weighted by Crippen LogP contribution is 2.26. The molecule has 0 radical (unpaired) electrons. The summed E-state index contributed by atoms with van der Waals surface area (Å²) < 4.78 is 5.51. The highest BCUT2D eigenvalue weighted by Gasteiger charge is 2.13. The molecular formula is C16H15N3O. The molecule has 0 fully saturated rings. The Morgan fingerprint density at radius 3 is 3.10 bits per heavy atom. The zero-order chi connectivity index (χ0) is 13.9. The molecule has 0 bridgehead atoms. The monoisotopic (exact) mass is 265 g/mol. The summed E-state index contributed by atoms with van der Waals surface area (Å²) in [4.78, 5) is 6.34. The Kier molecular flexibility index (Phi) is 3.26. The van der Waals surface area contributed by atoms with Crippen LogP contribution in [0, 0.1) is 11.3 Å². The predicted octanol–water partition coefficient (Wildman–Crippen LogP) is 2.52. The SMILES string of the molecule is CN(Cc1ccc2c(c1)CCO2)c1cccc(C#N)n1. The third-order valence-electron chi connectivity index (χ3n) is 3.41. The third-order valence-corrected chi connectivity index (χ3v) is 3.41. The summed E-state index contributed by atoms with van der Waals surface area (Å²) in [7, 11) is 1.98. The molecule has 1 aromatic carbocycles. The van der Waals surface area contributed by atoms with Crippen molar-refractivity contribution in [3.63, 3.8) is 0 Å². The number of pyridine rings is 1. The molecule has 0 aliphatic carbocycles. The summed E-state index contributed by atoms with van der Waals surface area (Å²) in [6.45, 7) is 1.54. The normalized spacial score (nSPS) is 12.4. The molecule has 3 rings (SSSR count). The van der Waals surface area contributed by atoms with Crippen LogP contribution in [0.15, 0.2) is 36.4 Å². The van der Waals surface area contributed by atoms with Crippen LogP contribution >= 0.6 is 0 Å². The van der Waals surface area contributed by atoms with Crippen molar-refractivity contribution in [3.8, 4) is 11.8 Å². The van der Waals surface area contributed by atoms with E-state index in [1.165, 1.54) is 11.1 Å². The van der Waals surface area contributed by atoms with Crippen molar-refractivity contribution in [2.45, 2.75) is 13.0 Å². The average molecular weight is 265 g/mol. The molecule has 100 valence electrons. The Morgan fingerprint density at radius 1 is 1.35 bits per heavy atom. The first-order valence-corrected chi connectivity index (χ1v) is 6.59. The summed E-state index contributed by atoms with van der Waals surface area (Å²) >= 11 is 0. The van der Waals surface area contributed by atoms with Gasteiger partial charge in [0, 0.05) is 20.0 Å². The number of aromatic nitrogens is 1. The van der Waals surface area contributed by atoms with E-state index >= 15 is 0 Å². The molecule has 4 nitrogen and oxygen atoms in total. The van der Waals surface area contributed by atoms with Crippen molar-refractivity contribution in [1.29, 1.82) is 5.26 Å². The molecule has 4 heteroatoms. The van der Waals surface area contributed by atoms with Gasteiger partial charge in [-0.2, -0.15) is 5.26 Å². The number of hydrogen-bond acceptors (Lipinski definition) is 4. The number of anilines is 1. The smallest absolute Gasteiger partial charge is 0.142 e. The van der Waals surface area contributed by atoms with E-state index in [0.29, 0.717) is 5.69 Å². The zero-order valence-electron chi connectivity index (χ0n) is 11.3. The maximum Gasteiger partial charge on any atom is 0.142 e. The molecule has 0 saturated carbocycles. The number of nitriles is 1. The Bertz CT molecular complexity index is 676. The molecule has 0 amide bonds. The van der Waals surface area contributed by atoms with Crippen LogP contribution in [0.5, 0.6) is 5.75 Å². The first kappa shape index (κ1) is 12.5. The van der Waals surface area contributed by atoms with Crippen LogP contribution in [0.4, 0.5) is 5.82 Å². The van der Waals surface area contributed by atoms with E-state index in [1.807, 2.05) is 30.1 Å². The van der Waals surface area contributed by atoms with Gasteiger partial charge in [-0.25, -0.2) is 4.98 Å². The lowest BCUT2D eigenvalue weighted by Gasteiger charge is -2.18. The number of rotatable bonds is 3. The van der Waals surface area contributed by atoms with Crippen LogP contribution in [0.1, 0.15) is 16.8 Å². The van der Waals surface area contributed by atoms with Gasteiger partial charge in [0.1, 0.15) is 23.3 Å². The van der Waals surface area contributed by atoms with Crippen molar-refractivity contribution >= 4 is 5.82 Å². The van der Waals surface area contributed by atoms with E-state index in [0.717, 1.165) is 31.1 Å². The highest BCUT2D eigenvalue weighted by atomic mass is 16.5. The van der Waals surface area contributed by atoms with Gasteiger partial charge >= 0.3 is 0 Å². The van der Waals surface area contributed by atoms with E-state index in [9.17, 15) is 0 Å². The Morgan fingerprint density at radius 2 is 2.25 bits per heavy atom. The average Bonchev–Trinajstić information content (AvgIpc) is 2.95. The Hall–Kier alpha value is -2.54. The van der Waals surface area contributed by atoms with Gasteiger partial charge < -0.3 is 9.64 Å². The molecule has 2 aromatic rings. The largest absolute Gasteiger partial charge is 0.493 e. The molecule has 0 N–H and O–H groups in total. The number of hydrogen-bond donors (Lipinski definition) is 0. The lowest BCUT2D eigenvalue weighted by atomic mass is 10.1. The first-order valence-electron chi connectivity index (χ1n) is 6.59. The summed E-state index contributed by atoms with van der Waals surface area (Å²) in [6.07, 6.45) is 0.981. The van der Waals surface area contributed by atoms with Gasteiger partial charge in [-0.3, -0.25) is 0 Å². The topological polar surface area (TPSA) is 49.1 Å². The fourth-order valence-corrected chi connectivity index (χ4v) is 2.39. The molecule has 2 heterocycles. The molecule has 1 aliphatic heterocycles. The van der Waals surface area contributed by atoms with Gasteiger partial charge in [-0.05, 0) is 29.3 Å². The van der Waals surface area contributed by atoms with E-state index in [2.05, 4.69) is 23.2 Å². The van der Waals surface area contributed by atoms with E-state index in [1.54, 1.807) is 6.07 Å². The standard InChI is InChI=1S/C16H15N3O/c1-19(16-4-2-3-14(10-17)18-16)11-12-5-6-15-13(9-12)7-8-20-15/h2-6,9H,7-8,11H2,1H3. The second-order valence-electron chi connectivity index (χ2n) is 4.89. The summed E-state index contributed by atoms with van der Waals surface area (Å²) in [5.41, 5.74) is 2.94. The highest BCUT2D eigenvalue weighted by molar-refractivity contribution is 5.44. The van der Waals surface area contributed by atoms with Crippen LogP contribution in [-0.2, 0) is 13.0 Å². The minimum absolute atomic E-state index is 0.441. The van der Waals surface area contributed by atoms with Gasteiger partial charge in [-0.15, -0.1) is 0 Å². The second-order valence-corrected chi connectivity index (χ2v) is 4.89. The van der Waals surface area contributed by atoms with E-state index in [-0.39, 0.29) is 0 Å². The van der Waals surface area contributed by atoms with Gasteiger partial charge in [0.05, 0.1) is 6.61 Å². The molecule has 0 spiro atoms. The maximum atomic E-state index is 8.89. The molecule has 0 saturated heterocycles. The molecule has 1 aromatic heterocycles. The molecular weight excluding hydrogens is 250 g/mol. The predicted molar refractivity (Wildman–Crippen MR) is 76.7 cm³/mol. The van der Waals surface area contributed by atoms with E-state index < -0.39 is 0 Å².